The molecule has 100 valence electrons. The molecule has 0 aliphatic heterocycles. The summed E-state index contributed by atoms with van der Waals surface area (Å²) >= 11 is 0. The van der Waals surface area contributed by atoms with Crippen molar-refractivity contribution in [3.8, 4) is 0 Å². The van der Waals surface area contributed by atoms with Crippen LogP contribution in [0.3, 0.4) is 0 Å². The van der Waals surface area contributed by atoms with Crippen molar-refractivity contribution in [1.82, 2.24) is 0 Å². The predicted molar refractivity (Wildman–Crippen MR) is 61.2 cm³/mol. The van der Waals surface area contributed by atoms with Crippen LogP contribution in [0.4, 0.5) is 17.6 Å². The van der Waals surface area contributed by atoms with Crippen molar-refractivity contribution in [2.75, 3.05) is 0 Å². The third-order valence-electron chi connectivity index (χ3n) is 2.62. The summed E-state index contributed by atoms with van der Waals surface area (Å²) in [6.07, 6.45) is 0. The van der Waals surface area contributed by atoms with E-state index in [9.17, 15) is 17.6 Å². The molecule has 0 saturated carbocycles. The second-order valence-corrected chi connectivity index (χ2v) is 3.89. The van der Waals surface area contributed by atoms with Crippen LogP contribution in [0.25, 0.3) is 0 Å². The Hall–Kier alpha value is -1.88. The Morgan fingerprint density at radius 2 is 0.947 bits per heavy atom. The third-order valence-corrected chi connectivity index (χ3v) is 2.62. The van der Waals surface area contributed by atoms with Crippen LogP contribution in [0.5, 0.6) is 0 Å². The predicted octanol–water partition coefficient (Wildman–Crippen LogP) is 3.96. The second kappa shape index (κ2) is 5.84. The maximum absolute atomic E-state index is 13.3. The Bertz CT molecular complexity index is 492. The molecule has 0 radical (unpaired) electrons. The van der Waals surface area contributed by atoms with Gasteiger partial charge in [-0.25, -0.2) is 17.6 Å². The first-order valence-electron chi connectivity index (χ1n) is 5.53. The molecule has 0 N–H and O–H groups in total. The van der Waals surface area contributed by atoms with Crippen LogP contribution in [-0.4, -0.2) is 0 Å². The first-order chi connectivity index (χ1) is 9.09. The van der Waals surface area contributed by atoms with E-state index in [-0.39, 0.29) is 11.1 Å². The highest BCUT2D eigenvalue weighted by molar-refractivity contribution is 5.20. The SMILES string of the molecule is Fc1cccc(F)c1COCc1c(F)cccc1F. The van der Waals surface area contributed by atoms with E-state index >= 15 is 0 Å². The minimum absolute atomic E-state index is 0.265. The van der Waals surface area contributed by atoms with Crippen molar-refractivity contribution in [3.63, 3.8) is 0 Å². The van der Waals surface area contributed by atoms with Crippen LogP contribution in [0.1, 0.15) is 11.1 Å². The molecule has 0 heterocycles. The lowest BCUT2D eigenvalue weighted by Crippen LogP contribution is -2.03. The van der Waals surface area contributed by atoms with Gasteiger partial charge in [-0.1, -0.05) is 12.1 Å². The highest BCUT2D eigenvalue weighted by Gasteiger charge is 2.11. The lowest BCUT2D eigenvalue weighted by molar-refractivity contribution is 0.0975. The number of hydrogen-bond donors (Lipinski definition) is 0. The minimum Gasteiger partial charge on any atom is -0.372 e. The largest absolute Gasteiger partial charge is 0.372 e. The smallest absolute Gasteiger partial charge is 0.131 e. The Kier molecular flexibility index (Phi) is 4.16. The van der Waals surface area contributed by atoms with Gasteiger partial charge < -0.3 is 4.74 Å². The zero-order valence-corrected chi connectivity index (χ0v) is 9.80. The molecule has 0 saturated heterocycles. The molecule has 0 fully saturated rings. The molecule has 0 aliphatic rings. The van der Waals surface area contributed by atoms with E-state index < -0.39 is 36.5 Å². The number of rotatable bonds is 4. The van der Waals surface area contributed by atoms with E-state index in [1.807, 2.05) is 0 Å². The van der Waals surface area contributed by atoms with Crippen molar-refractivity contribution < 1.29 is 22.3 Å². The molecule has 5 heteroatoms. The van der Waals surface area contributed by atoms with E-state index in [0.717, 1.165) is 24.3 Å². The van der Waals surface area contributed by atoms with Gasteiger partial charge in [0.2, 0.25) is 0 Å². The second-order valence-electron chi connectivity index (χ2n) is 3.89. The maximum atomic E-state index is 13.3. The van der Waals surface area contributed by atoms with Gasteiger partial charge in [0.1, 0.15) is 23.3 Å². The molecular formula is C14H10F4O. The zero-order valence-electron chi connectivity index (χ0n) is 9.80. The summed E-state index contributed by atoms with van der Waals surface area (Å²) in [6, 6.07) is 6.81. The van der Waals surface area contributed by atoms with Gasteiger partial charge in [-0.05, 0) is 24.3 Å². The lowest BCUT2D eigenvalue weighted by Gasteiger charge is -2.08. The van der Waals surface area contributed by atoms with E-state index in [4.69, 9.17) is 4.74 Å². The maximum Gasteiger partial charge on any atom is 0.131 e. The van der Waals surface area contributed by atoms with Crippen molar-refractivity contribution in [1.29, 1.82) is 0 Å². The fourth-order valence-corrected chi connectivity index (χ4v) is 1.60. The Labute approximate surface area is 107 Å². The normalized spacial score (nSPS) is 10.7. The Morgan fingerprint density at radius 1 is 0.632 bits per heavy atom. The van der Waals surface area contributed by atoms with Gasteiger partial charge in [0.05, 0.1) is 13.2 Å². The summed E-state index contributed by atoms with van der Waals surface area (Å²) in [5.41, 5.74) is -0.529. The van der Waals surface area contributed by atoms with Crippen molar-refractivity contribution >= 4 is 0 Å². The van der Waals surface area contributed by atoms with Crippen LogP contribution in [0.2, 0.25) is 0 Å². The van der Waals surface area contributed by atoms with Gasteiger partial charge in [0.15, 0.2) is 0 Å². The van der Waals surface area contributed by atoms with Gasteiger partial charge in [0.25, 0.3) is 0 Å². The molecule has 19 heavy (non-hydrogen) atoms. The number of hydrogen-bond acceptors (Lipinski definition) is 1. The summed E-state index contributed by atoms with van der Waals surface area (Å²) in [5, 5.41) is 0. The molecule has 1 nitrogen and oxygen atoms in total. The van der Waals surface area contributed by atoms with Crippen molar-refractivity contribution in [2.24, 2.45) is 0 Å². The average Bonchev–Trinajstić information content (AvgIpc) is 2.36. The Morgan fingerprint density at radius 3 is 1.26 bits per heavy atom. The Balaban J connectivity index is 2.05. The van der Waals surface area contributed by atoms with Crippen LogP contribution >= 0.6 is 0 Å². The molecule has 0 unspecified atom stereocenters. The standard InChI is InChI=1S/C14H10F4O/c15-11-3-1-4-12(16)9(11)7-19-8-10-13(17)5-2-6-14(10)18/h1-6H,7-8H2. The summed E-state index contributed by atoms with van der Waals surface area (Å²) < 4.78 is 58.0. The van der Waals surface area contributed by atoms with Crippen LogP contribution < -0.4 is 0 Å². The number of benzene rings is 2. The quantitative estimate of drug-likeness (QED) is 0.764. The summed E-state index contributed by atoms with van der Waals surface area (Å²) in [6.45, 7) is -0.793. The average molecular weight is 270 g/mol. The van der Waals surface area contributed by atoms with E-state index in [1.54, 1.807) is 0 Å². The van der Waals surface area contributed by atoms with E-state index in [2.05, 4.69) is 0 Å². The first kappa shape index (κ1) is 13.5. The minimum atomic E-state index is -0.756. The monoisotopic (exact) mass is 270 g/mol. The lowest BCUT2D eigenvalue weighted by atomic mass is 10.2. The van der Waals surface area contributed by atoms with Crippen molar-refractivity contribution in [2.45, 2.75) is 13.2 Å². The molecule has 0 aromatic heterocycles. The van der Waals surface area contributed by atoms with E-state index in [0.29, 0.717) is 0 Å². The van der Waals surface area contributed by atoms with Crippen LogP contribution in [0, 0.1) is 23.3 Å². The van der Waals surface area contributed by atoms with Crippen LogP contribution in [-0.2, 0) is 18.0 Å². The summed E-state index contributed by atoms with van der Waals surface area (Å²) in [7, 11) is 0. The van der Waals surface area contributed by atoms with Gasteiger partial charge in [0, 0.05) is 11.1 Å². The zero-order chi connectivity index (χ0) is 13.8. The fourth-order valence-electron chi connectivity index (χ4n) is 1.60. The molecular weight excluding hydrogens is 260 g/mol. The fraction of sp³-hybridized carbons (Fsp3) is 0.143. The van der Waals surface area contributed by atoms with Crippen LogP contribution in [0.15, 0.2) is 36.4 Å². The topological polar surface area (TPSA) is 9.23 Å². The molecule has 0 spiro atoms. The summed E-state index contributed by atoms with van der Waals surface area (Å²) in [4.78, 5) is 0. The molecule has 2 aromatic rings. The number of ether oxygens (including phenoxy) is 1. The van der Waals surface area contributed by atoms with E-state index in [1.165, 1.54) is 12.1 Å². The van der Waals surface area contributed by atoms with Gasteiger partial charge in [-0.3, -0.25) is 0 Å². The van der Waals surface area contributed by atoms with Crippen molar-refractivity contribution in [3.05, 3.63) is 70.8 Å². The molecule has 0 amide bonds. The number of halogens is 4. The molecule has 2 rings (SSSR count). The molecule has 0 bridgehead atoms. The highest BCUT2D eigenvalue weighted by atomic mass is 19.1. The van der Waals surface area contributed by atoms with Gasteiger partial charge >= 0.3 is 0 Å². The highest BCUT2D eigenvalue weighted by Crippen LogP contribution is 2.16. The van der Waals surface area contributed by atoms with Gasteiger partial charge in [-0.15, -0.1) is 0 Å². The van der Waals surface area contributed by atoms with Gasteiger partial charge in [-0.2, -0.15) is 0 Å². The third kappa shape index (κ3) is 3.12. The molecule has 2 aromatic carbocycles. The molecule has 0 atom stereocenters. The molecule has 0 aliphatic carbocycles. The summed E-state index contributed by atoms with van der Waals surface area (Å²) in [5.74, 6) is -3.02. The first-order valence-corrected chi connectivity index (χ1v) is 5.53.